The molecule has 0 aliphatic heterocycles. The maximum atomic E-state index is 12.1. The number of hydrogen-bond acceptors (Lipinski definition) is 4. The number of benzene rings is 1. The van der Waals surface area contributed by atoms with Crippen LogP contribution in [0.5, 0.6) is 0 Å². The highest BCUT2D eigenvalue weighted by molar-refractivity contribution is 6.04. The smallest absolute Gasteiger partial charge is 0.330 e. The molecule has 3 N–H and O–H groups in total. The van der Waals surface area contributed by atoms with E-state index < -0.39 is 23.1 Å². The van der Waals surface area contributed by atoms with Crippen LogP contribution in [0, 0.1) is 6.92 Å². The van der Waals surface area contributed by atoms with Crippen molar-refractivity contribution in [2.24, 2.45) is 19.8 Å². The van der Waals surface area contributed by atoms with Crippen molar-refractivity contribution >= 4 is 23.6 Å². The Labute approximate surface area is 143 Å². The molecule has 8 nitrogen and oxygen atoms in total. The van der Waals surface area contributed by atoms with E-state index in [0.717, 1.165) is 4.57 Å². The van der Waals surface area contributed by atoms with Crippen molar-refractivity contribution in [1.29, 1.82) is 0 Å². The van der Waals surface area contributed by atoms with Crippen molar-refractivity contribution in [2.45, 2.75) is 6.92 Å². The summed E-state index contributed by atoms with van der Waals surface area (Å²) in [6.45, 7) is 1.67. The summed E-state index contributed by atoms with van der Waals surface area (Å²) in [5.74, 6) is -1.07. The van der Waals surface area contributed by atoms with Crippen LogP contribution in [0.1, 0.15) is 21.5 Å². The van der Waals surface area contributed by atoms with Gasteiger partial charge < -0.3 is 15.6 Å². The van der Waals surface area contributed by atoms with Crippen molar-refractivity contribution in [3.63, 3.8) is 0 Å². The molecule has 1 heterocycles. The second kappa shape index (κ2) is 7.00. The molecule has 0 aliphatic rings. The zero-order chi connectivity index (χ0) is 18.7. The second-order valence-corrected chi connectivity index (χ2v) is 5.51. The molecule has 25 heavy (non-hydrogen) atoms. The fourth-order valence-electron chi connectivity index (χ4n) is 2.33. The third-order valence-corrected chi connectivity index (χ3v) is 3.74. The van der Waals surface area contributed by atoms with Crippen molar-refractivity contribution < 1.29 is 9.59 Å². The fourth-order valence-corrected chi connectivity index (χ4v) is 2.33. The van der Waals surface area contributed by atoms with E-state index in [1.807, 2.05) is 0 Å². The van der Waals surface area contributed by atoms with Crippen LogP contribution < -0.4 is 22.3 Å². The van der Waals surface area contributed by atoms with Crippen LogP contribution in [0.3, 0.4) is 0 Å². The van der Waals surface area contributed by atoms with E-state index in [4.69, 9.17) is 5.73 Å². The number of aryl methyl sites for hydroxylation is 1. The van der Waals surface area contributed by atoms with E-state index in [1.165, 1.54) is 37.0 Å². The molecule has 0 atom stereocenters. The van der Waals surface area contributed by atoms with Gasteiger partial charge in [0, 0.05) is 37.6 Å². The van der Waals surface area contributed by atoms with Gasteiger partial charge in [-0.15, -0.1) is 0 Å². The zero-order valence-electron chi connectivity index (χ0n) is 14.1. The van der Waals surface area contributed by atoms with Gasteiger partial charge in [0.2, 0.25) is 11.8 Å². The molecular weight excluding hydrogens is 324 g/mol. The van der Waals surface area contributed by atoms with E-state index >= 15 is 0 Å². The lowest BCUT2D eigenvalue weighted by Crippen LogP contribution is -2.37. The van der Waals surface area contributed by atoms with Gasteiger partial charge in [0.15, 0.2) is 0 Å². The van der Waals surface area contributed by atoms with Crippen LogP contribution in [-0.2, 0) is 18.9 Å². The Morgan fingerprint density at radius 3 is 2.52 bits per heavy atom. The molecule has 1 aromatic heterocycles. The summed E-state index contributed by atoms with van der Waals surface area (Å²) in [6, 6.07) is 4.81. The summed E-state index contributed by atoms with van der Waals surface area (Å²) in [7, 11) is 2.87. The number of hydrogen-bond donors (Lipinski definition) is 2. The van der Waals surface area contributed by atoms with E-state index in [2.05, 4.69) is 5.32 Å². The number of aromatic nitrogens is 2. The third kappa shape index (κ3) is 3.74. The predicted octanol–water partition coefficient (Wildman–Crippen LogP) is 0.143. The molecule has 2 amide bonds. The molecule has 0 radical (unpaired) electrons. The molecule has 0 unspecified atom stereocenters. The van der Waals surface area contributed by atoms with Crippen molar-refractivity contribution in [1.82, 2.24) is 9.13 Å². The van der Waals surface area contributed by atoms with Crippen LogP contribution in [0.4, 0.5) is 5.69 Å². The van der Waals surface area contributed by atoms with Crippen molar-refractivity contribution in [2.75, 3.05) is 5.32 Å². The summed E-state index contributed by atoms with van der Waals surface area (Å²) in [5.41, 5.74) is 5.83. The molecule has 0 bridgehead atoms. The van der Waals surface area contributed by atoms with E-state index in [9.17, 15) is 19.2 Å². The van der Waals surface area contributed by atoms with Gasteiger partial charge >= 0.3 is 5.69 Å². The molecule has 0 saturated heterocycles. The molecule has 2 aromatic rings. The Morgan fingerprint density at radius 1 is 1.20 bits per heavy atom. The third-order valence-electron chi connectivity index (χ3n) is 3.74. The number of primary amides is 1. The monoisotopic (exact) mass is 342 g/mol. The number of carbonyl (C=O) groups is 2. The number of nitrogens with zero attached hydrogens (tertiary/aromatic N) is 2. The Bertz CT molecular complexity index is 999. The molecule has 8 heteroatoms. The first-order valence-electron chi connectivity index (χ1n) is 7.37. The molecule has 0 fully saturated rings. The predicted molar refractivity (Wildman–Crippen MR) is 94.3 cm³/mol. The van der Waals surface area contributed by atoms with Gasteiger partial charge in [-0.2, -0.15) is 0 Å². The molecular formula is C17H18N4O4. The Hall–Kier alpha value is -3.42. The summed E-state index contributed by atoms with van der Waals surface area (Å²) in [5, 5.41) is 2.62. The lowest BCUT2D eigenvalue weighted by molar-refractivity contribution is -0.111. The number of nitrogens with one attached hydrogen (secondary N) is 1. The van der Waals surface area contributed by atoms with Gasteiger partial charge in [-0.3, -0.25) is 19.0 Å². The SMILES string of the molecule is Cc1c(NC(=O)/C=C/c2cn(C)c(=O)n(C)c2=O)cccc1C(N)=O. The van der Waals surface area contributed by atoms with Crippen LogP contribution in [0.15, 0.2) is 40.1 Å². The van der Waals surface area contributed by atoms with Crippen molar-refractivity contribution in [3.05, 3.63) is 68.0 Å². The van der Waals surface area contributed by atoms with Crippen LogP contribution in [0.2, 0.25) is 0 Å². The average Bonchev–Trinajstić information content (AvgIpc) is 2.56. The van der Waals surface area contributed by atoms with E-state index in [-0.39, 0.29) is 5.56 Å². The standard InChI is InChI=1S/C17H18N4O4/c1-10-12(15(18)23)5-4-6-13(10)19-14(22)8-7-11-9-20(2)17(25)21(3)16(11)24/h4-9H,1-3H3,(H2,18,23)(H,19,22)/b8-7+. The number of nitrogens with two attached hydrogens (primary N) is 1. The minimum atomic E-state index is -0.585. The molecule has 0 spiro atoms. The Kier molecular flexibility index (Phi) is 5.02. The summed E-state index contributed by atoms with van der Waals surface area (Å²) < 4.78 is 2.21. The van der Waals surface area contributed by atoms with E-state index in [1.54, 1.807) is 25.1 Å². The minimum Gasteiger partial charge on any atom is -0.366 e. The molecule has 1 aromatic carbocycles. The molecule has 2 rings (SSSR count). The number of amides is 2. The highest BCUT2D eigenvalue weighted by Crippen LogP contribution is 2.18. The lowest BCUT2D eigenvalue weighted by atomic mass is 10.1. The second-order valence-electron chi connectivity index (χ2n) is 5.51. The first kappa shape index (κ1) is 17.9. The zero-order valence-corrected chi connectivity index (χ0v) is 14.1. The first-order chi connectivity index (χ1) is 11.7. The summed E-state index contributed by atoms with van der Waals surface area (Å²) in [4.78, 5) is 47.0. The van der Waals surface area contributed by atoms with Gasteiger partial charge in [0.25, 0.3) is 5.56 Å². The topological polar surface area (TPSA) is 116 Å². The fraction of sp³-hybridized carbons (Fsp3) is 0.176. The molecule has 130 valence electrons. The normalized spacial score (nSPS) is 10.8. The van der Waals surface area contributed by atoms with Gasteiger partial charge in [-0.25, -0.2) is 4.79 Å². The number of rotatable bonds is 4. The van der Waals surface area contributed by atoms with Crippen LogP contribution in [-0.4, -0.2) is 20.9 Å². The lowest BCUT2D eigenvalue weighted by Gasteiger charge is -2.09. The van der Waals surface area contributed by atoms with Crippen LogP contribution in [0.25, 0.3) is 6.08 Å². The van der Waals surface area contributed by atoms with Gasteiger partial charge in [0.05, 0.1) is 5.56 Å². The average molecular weight is 342 g/mol. The minimum absolute atomic E-state index is 0.197. The maximum Gasteiger partial charge on any atom is 0.330 e. The van der Waals surface area contributed by atoms with Crippen LogP contribution >= 0.6 is 0 Å². The van der Waals surface area contributed by atoms with Gasteiger partial charge in [-0.05, 0) is 30.7 Å². The number of carbonyl (C=O) groups excluding carboxylic acids is 2. The highest BCUT2D eigenvalue weighted by Gasteiger charge is 2.10. The quantitative estimate of drug-likeness (QED) is 0.769. The maximum absolute atomic E-state index is 12.1. The first-order valence-corrected chi connectivity index (χ1v) is 7.37. The Morgan fingerprint density at radius 2 is 1.88 bits per heavy atom. The Balaban J connectivity index is 2.26. The summed E-state index contributed by atoms with van der Waals surface area (Å²) >= 11 is 0. The van der Waals surface area contributed by atoms with Gasteiger partial charge in [0.1, 0.15) is 0 Å². The molecule has 0 saturated carbocycles. The molecule has 0 aliphatic carbocycles. The van der Waals surface area contributed by atoms with Crippen molar-refractivity contribution in [3.8, 4) is 0 Å². The highest BCUT2D eigenvalue weighted by atomic mass is 16.2. The van der Waals surface area contributed by atoms with Gasteiger partial charge in [-0.1, -0.05) is 6.07 Å². The number of anilines is 1. The van der Waals surface area contributed by atoms with E-state index in [0.29, 0.717) is 16.8 Å². The largest absolute Gasteiger partial charge is 0.366 e. The summed E-state index contributed by atoms with van der Waals surface area (Å²) in [6.07, 6.45) is 3.86.